The fraction of sp³-hybridized carbons (Fsp3) is 0.478. The Morgan fingerprint density at radius 2 is 1.02 bits per heavy atom. The first-order chi connectivity index (χ1) is 27.7. The smallest absolute Gasteiger partial charge is 0.190 e. The fourth-order valence-corrected chi connectivity index (χ4v) is 7.85. The lowest BCUT2D eigenvalue weighted by Gasteiger charge is -2.47. The van der Waals surface area contributed by atoms with Crippen LogP contribution in [0.3, 0.4) is 0 Å². The minimum atomic E-state index is -0.978. The van der Waals surface area contributed by atoms with E-state index in [1.807, 2.05) is 149 Å². The van der Waals surface area contributed by atoms with Crippen molar-refractivity contribution in [2.24, 2.45) is 0 Å². The SMILES string of the molecule is CC1(C)O[C@H]2O[C@H]([C@H]3COC(C)(C)O3)[C@H](O[C@H]3O[C@H](COCc4ccccc4)[C@H](OCc4ccccc4)[C@H](OCc4ccccc4)[C@H]3OCc3ccccc3)[C@H]2O1. The number of fused-ring (bicyclic) bond motifs is 1. The van der Waals surface area contributed by atoms with Gasteiger partial charge in [-0.25, -0.2) is 0 Å². The van der Waals surface area contributed by atoms with Crippen molar-refractivity contribution in [3.8, 4) is 0 Å². The fourth-order valence-electron chi connectivity index (χ4n) is 7.85. The zero-order chi connectivity index (χ0) is 39.2. The van der Waals surface area contributed by atoms with Gasteiger partial charge in [0.05, 0.1) is 39.6 Å². The summed E-state index contributed by atoms with van der Waals surface area (Å²) in [4.78, 5) is 0. The Morgan fingerprint density at radius 3 is 1.54 bits per heavy atom. The van der Waals surface area contributed by atoms with Gasteiger partial charge in [0, 0.05) is 0 Å². The van der Waals surface area contributed by atoms with Crippen LogP contribution in [0.2, 0.25) is 0 Å². The molecule has 57 heavy (non-hydrogen) atoms. The standard InChI is InChI=1S/C46H54O11/c1-45(2)51-30-36(55-45)38-40(42-44(53-38)57-46(3,4)56-42)54-43-41(50-28-34-23-15-8-16-24-34)39(49-27-33-21-13-7-14-22-33)37(48-26-32-19-11-6-12-20-32)35(52-43)29-47-25-31-17-9-5-10-18-31/h5-24,35-44H,25-30H2,1-4H3/t35-,36-,37+,38-,39+,40+,41-,42-,43-,44-/m1/s1. The van der Waals surface area contributed by atoms with Gasteiger partial charge in [-0.1, -0.05) is 121 Å². The molecule has 4 fully saturated rings. The van der Waals surface area contributed by atoms with E-state index >= 15 is 0 Å². The normalized spacial score (nSPS) is 31.6. The molecule has 11 nitrogen and oxygen atoms in total. The van der Waals surface area contributed by atoms with Crippen molar-refractivity contribution in [1.82, 2.24) is 0 Å². The first-order valence-electron chi connectivity index (χ1n) is 19.9. The summed E-state index contributed by atoms with van der Waals surface area (Å²) in [5.74, 6) is -1.68. The van der Waals surface area contributed by atoms with Gasteiger partial charge in [-0.2, -0.15) is 0 Å². The molecular formula is C46H54O11. The zero-order valence-electron chi connectivity index (χ0n) is 33.1. The molecule has 8 rings (SSSR count). The highest BCUT2D eigenvalue weighted by Gasteiger charge is 2.61. The van der Waals surface area contributed by atoms with Crippen molar-refractivity contribution in [3.63, 3.8) is 0 Å². The quantitative estimate of drug-likeness (QED) is 0.116. The van der Waals surface area contributed by atoms with E-state index in [1.165, 1.54) is 0 Å². The van der Waals surface area contributed by atoms with Crippen LogP contribution in [0.15, 0.2) is 121 Å². The summed E-state index contributed by atoms with van der Waals surface area (Å²) in [6, 6.07) is 40.2. The molecule has 4 aliphatic rings. The Bertz CT molecular complexity index is 1810. The highest BCUT2D eigenvalue weighted by Crippen LogP contribution is 2.44. The summed E-state index contributed by atoms with van der Waals surface area (Å²) >= 11 is 0. The Hall–Kier alpha value is -3.56. The van der Waals surface area contributed by atoms with Crippen LogP contribution in [0, 0.1) is 0 Å². The Labute approximate surface area is 335 Å². The van der Waals surface area contributed by atoms with Crippen molar-refractivity contribution in [2.75, 3.05) is 13.2 Å². The molecule has 0 unspecified atom stereocenters. The van der Waals surface area contributed by atoms with Crippen LogP contribution in [0.1, 0.15) is 49.9 Å². The van der Waals surface area contributed by atoms with E-state index in [9.17, 15) is 0 Å². The summed E-state index contributed by atoms with van der Waals surface area (Å²) in [5, 5.41) is 0. The molecule has 4 saturated heterocycles. The van der Waals surface area contributed by atoms with E-state index in [0.717, 1.165) is 22.3 Å². The summed E-state index contributed by atoms with van der Waals surface area (Å²) < 4.78 is 72.8. The summed E-state index contributed by atoms with van der Waals surface area (Å²) in [6.45, 7) is 9.30. The first-order valence-corrected chi connectivity index (χ1v) is 19.9. The predicted molar refractivity (Wildman–Crippen MR) is 208 cm³/mol. The van der Waals surface area contributed by atoms with E-state index in [1.54, 1.807) is 0 Å². The Morgan fingerprint density at radius 1 is 0.509 bits per heavy atom. The predicted octanol–water partition coefficient (Wildman–Crippen LogP) is 7.10. The van der Waals surface area contributed by atoms with Gasteiger partial charge in [0.15, 0.2) is 24.2 Å². The van der Waals surface area contributed by atoms with Gasteiger partial charge in [0.1, 0.15) is 48.8 Å². The lowest BCUT2D eigenvalue weighted by atomic mass is 9.97. The molecule has 304 valence electrons. The van der Waals surface area contributed by atoms with Crippen LogP contribution in [-0.4, -0.2) is 86.2 Å². The van der Waals surface area contributed by atoms with Crippen LogP contribution in [0.25, 0.3) is 0 Å². The second-order valence-corrected chi connectivity index (χ2v) is 15.9. The van der Waals surface area contributed by atoms with Crippen molar-refractivity contribution in [3.05, 3.63) is 144 Å². The molecule has 4 aromatic rings. The number of rotatable bonds is 16. The molecular weight excluding hydrogens is 728 g/mol. The van der Waals surface area contributed by atoms with Crippen LogP contribution < -0.4 is 0 Å². The molecule has 0 spiro atoms. The minimum absolute atomic E-state index is 0.196. The van der Waals surface area contributed by atoms with E-state index in [4.69, 9.17) is 52.1 Å². The molecule has 0 bridgehead atoms. The van der Waals surface area contributed by atoms with Crippen LogP contribution in [0.4, 0.5) is 0 Å². The average Bonchev–Trinajstić information content (AvgIpc) is 3.85. The molecule has 0 amide bonds. The van der Waals surface area contributed by atoms with Gasteiger partial charge in [-0.15, -0.1) is 0 Å². The Kier molecular flexibility index (Phi) is 12.8. The molecule has 0 aliphatic carbocycles. The maximum Gasteiger partial charge on any atom is 0.190 e. The van der Waals surface area contributed by atoms with Crippen LogP contribution >= 0.6 is 0 Å². The molecule has 0 radical (unpaired) electrons. The van der Waals surface area contributed by atoms with E-state index in [2.05, 4.69) is 0 Å². The maximum atomic E-state index is 7.14. The average molecular weight is 783 g/mol. The van der Waals surface area contributed by atoms with Gasteiger partial charge >= 0.3 is 0 Å². The lowest BCUT2D eigenvalue weighted by molar-refractivity contribution is -0.345. The number of benzene rings is 4. The summed E-state index contributed by atoms with van der Waals surface area (Å²) in [7, 11) is 0. The van der Waals surface area contributed by atoms with E-state index < -0.39 is 73.0 Å². The van der Waals surface area contributed by atoms with Crippen molar-refractivity contribution in [1.29, 1.82) is 0 Å². The molecule has 11 heteroatoms. The second-order valence-electron chi connectivity index (χ2n) is 15.9. The van der Waals surface area contributed by atoms with Gasteiger partial charge in [-0.3, -0.25) is 0 Å². The third-order valence-corrected chi connectivity index (χ3v) is 10.6. The second kappa shape index (κ2) is 18.1. The van der Waals surface area contributed by atoms with Crippen molar-refractivity contribution >= 4 is 0 Å². The molecule has 10 atom stereocenters. The van der Waals surface area contributed by atoms with E-state index in [-0.39, 0.29) is 13.2 Å². The molecule has 0 aromatic heterocycles. The maximum absolute atomic E-state index is 7.14. The van der Waals surface area contributed by atoms with Gasteiger partial charge in [0.25, 0.3) is 0 Å². The van der Waals surface area contributed by atoms with E-state index in [0.29, 0.717) is 26.4 Å². The largest absolute Gasteiger partial charge is 0.374 e. The monoisotopic (exact) mass is 782 g/mol. The van der Waals surface area contributed by atoms with Crippen LogP contribution in [0.5, 0.6) is 0 Å². The highest BCUT2D eigenvalue weighted by molar-refractivity contribution is 5.16. The van der Waals surface area contributed by atoms with Crippen molar-refractivity contribution in [2.45, 2.75) is 127 Å². The third kappa shape index (κ3) is 10.2. The van der Waals surface area contributed by atoms with Gasteiger partial charge < -0.3 is 52.1 Å². The third-order valence-electron chi connectivity index (χ3n) is 10.6. The number of ether oxygens (including phenoxy) is 11. The van der Waals surface area contributed by atoms with Crippen LogP contribution in [-0.2, 0) is 78.5 Å². The first kappa shape index (κ1) is 40.2. The molecule has 4 aliphatic heterocycles. The number of hydrogen-bond donors (Lipinski definition) is 0. The van der Waals surface area contributed by atoms with Gasteiger partial charge in [0.2, 0.25) is 0 Å². The van der Waals surface area contributed by atoms with Crippen molar-refractivity contribution < 1.29 is 52.1 Å². The Balaban J connectivity index is 1.14. The topological polar surface area (TPSA) is 102 Å². The lowest BCUT2D eigenvalue weighted by Crippen LogP contribution is -2.63. The van der Waals surface area contributed by atoms with Gasteiger partial charge in [-0.05, 0) is 49.9 Å². The summed E-state index contributed by atoms with van der Waals surface area (Å²) in [6.07, 6.45) is -6.67. The minimum Gasteiger partial charge on any atom is -0.374 e. The summed E-state index contributed by atoms with van der Waals surface area (Å²) in [5.41, 5.74) is 4.06. The molecule has 4 aromatic carbocycles. The number of hydrogen-bond acceptors (Lipinski definition) is 11. The molecule has 4 heterocycles. The zero-order valence-corrected chi connectivity index (χ0v) is 33.1. The molecule has 0 N–H and O–H groups in total. The highest BCUT2D eigenvalue weighted by atomic mass is 16.9. The molecule has 0 saturated carbocycles.